The SMILES string of the molecule is Cc1cc(-c2cnn3c(NCCN4CCC(F)(P)CC4)cc(Oc4cnn(C)c4)nc23)ccc1C(=O)NC1CC1. The predicted octanol–water partition coefficient (Wildman–Crippen LogP) is 4.17. The van der Waals surface area contributed by atoms with Crippen molar-refractivity contribution in [2.75, 3.05) is 31.5 Å². The first-order valence-electron chi connectivity index (χ1n) is 13.7. The van der Waals surface area contributed by atoms with E-state index in [1.165, 1.54) is 0 Å². The van der Waals surface area contributed by atoms with Crippen molar-refractivity contribution in [3.63, 3.8) is 0 Å². The number of hydrogen-bond acceptors (Lipinski definition) is 7. The monoisotopic (exact) mass is 564 g/mol. The van der Waals surface area contributed by atoms with Gasteiger partial charge in [-0.05, 0) is 49.8 Å². The quantitative estimate of drug-likeness (QED) is 0.294. The molecule has 1 saturated heterocycles. The fourth-order valence-corrected chi connectivity index (χ4v) is 5.22. The fraction of sp³-hybridized carbons (Fsp3) is 0.429. The van der Waals surface area contributed by atoms with Crippen LogP contribution in [0.3, 0.4) is 0 Å². The van der Waals surface area contributed by atoms with E-state index in [-0.39, 0.29) is 5.91 Å². The van der Waals surface area contributed by atoms with Crippen LogP contribution in [0.1, 0.15) is 41.6 Å². The van der Waals surface area contributed by atoms with Gasteiger partial charge >= 0.3 is 0 Å². The highest BCUT2D eigenvalue weighted by molar-refractivity contribution is 7.18. The zero-order chi connectivity index (χ0) is 27.9. The van der Waals surface area contributed by atoms with E-state index in [4.69, 9.17) is 9.72 Å². The van der Waals surface area contributed by atoms with E-state index in [2.05, 4.69) is 35.0 Å². The first-order chi connectivity index (χ1) is 19.2. The van der Waals surface area contributed by atoms with Crippen LogP contribution in [0.5, 0.6) is 11.6 Å². The Bertz CT molecular complexity index is 1540. The highest BCUT2D eigenvalue weighted by atomic mass is 31.0. The second-order valence-corrected chi connectivity index (χ2v) is 11.8. The van der Waals surface area contributed by atoms with Crippen LogP contribution in [0.2, 0.25) is 0 Å². The van der Waals surface area contributed by atoms with Crippen LogP contribution in [0, 0.1) is 6.92 Å². The van der Waals surface area contributed by atoms with Gasteiger partial charge in [-0.1, -0.05) is 21.4 Å². The molecule has 0 spiro atoms. The second kappa shape index (κ2) is 10.8. The summed E-state index contributed by atoms with van der Waals surface area (Å²) < 4.78 is 23.7. The minimum absolute atomic E-state index is 0.0354. The number of halogens is 1. The van der Waals surface area contributed by atoms with Crippen molar-refractivity contribution in [1.82, 2.24) is 34.6 Å². The minimum Gasteiger partial charge on any atom is -0.436 e. The molecule has 3 aromatic heterocycles. The van der Waals surface area contributed by atoms with Crippen LogP contribution >= 0.6 is 9.24 Å². The highest BCUT2D eigenvalue weighted by Gasteiger charge is 2.29. The molecule has 2 fully saturated rings. The van der Waals surface area contributed by atoms with Gasteiger partial charge in [-0.15, -0.1) is 0 Å². The van der Waals surface area contributed by atoms with Gasteiger partial charge in [0.05, 0.1) is 18.6 Å². The number of aromatic nitrogens is 5. The van der Waals surface area contributed by atoms with E-state index in [9.17, 15) is 9.18 Å². The van der Waals surface area contributed by atoms with Crippen molar-refractivity contribution in [3.05, 3.63) is 54.0 Å². The average molecular weight is 565 g/mol. The number of hydrogen-bond donors (Lipinski definition) is 2. The number of alkyl halides is 1. The highest BCUT2D eigenvalue weighted by Crippen LogP contribution is 2.33. The summed E-state index contributed by atoms with van der Waals surface area (Å²) in [6.45, 7) is 4.83. The van der Waals surface area contributed by atoms with Crippen LogP contribution < -0.4 is 15.4 Å². The number of anilines is 1. The van der Waals surface area contributed by atoms with E-state index >= 15 is 0 Å². The molecule has 1 atom stereocenters. The lowest BCUT2D eigenvalue weighted by Crippen LogP contribution is -2.40. The first-order valence-corrected chi connectivity index (χ1v) is 14.2. The summed E-state index contributed by atoms with van der Waals surface area (Å²) in [5.41, 5.74) is 3.93. The molecule has 1 saturated carbocycles. The molecule has 2 N–H and O–H groups in total. The number of aryl methyl sites for hydroxylation is 2. The molecule has 1 unspecified atom stereocenters. The van der Waals surface area contributed by atoms with Gasteiger partial charge in [0.15, 0.2) is 11.4 Å². The fourth-order valence-electron chi connectivity index (χ4n) is 4.96. The Kier molecular flexibility index (Phi) is 7.18. The molecule has 1 aromatic carbocycles. The lowest BCUT2D eigenvalue weighted by molar-refractivity contribution is 0.0950. The molecule has 1 aliphatic carbocycles. The topological polar surface area (TPSA) is 102 Å². The smallest absolute Gasteiger partial charge is 0.251 e. The number of rotatable bonds is 9. The van der Waals surface area contributed by atoms with E-state index in [0.29, 0.717) is 48.3 Å². The zero-order valence-corrected chi connectivity index (χ0v) is 23.9. The summed E-state index contributed by atoms with van der Waals surface area (Å²) in [6, 6.07) is 7.91. The Labute approximate surface area is 234 Å². The number of nitrogens with zero attached hydrogens (tertiary/aromatic N) is 6. The van der Waals surface area contributed by atoms with Crippen LogP contribution in [-0.2, 0) is 7.05 Å². The van der Waals surface area contributed by atoms with Crippen LogP contribution in [0.4, 0.5) is 10.2 Å². The lowest BCUT2D eigenvalue weighted by atomic mass is 10.0. The Morgan fingerprint density at radius 3 is 2.70 bits per heavy atom. The molecule has 40 heavy (non-hydrogen) atoms. The zero-order valence-electron chi connectivity index (χ0n) is 22.7. The number of nitrogens with one attached hydrogen (secondary N) is 2. The molecule has 0 radical (unpaired) electrons. The minimum atomic E-state index is -1.15. The first kappa shape index (κ1) is 26.7. The average Bonchev–Trinajstić information content (AvgIpc) is 3.47. The Morgan fingerprint density at radius 2 is 2.00 bits per heavy atom. The third-order valence-electron chi connectivity index (χ3n) is 7.47. The van der Waals surface area contributed by atoms with Crippen molar-refractivity contribution >= 4 is 26.6 Å². The number of piperidine rings is 1. The van der Waals surface area contributed by atoms with Crippen molar-refractivity contribution in [2.45, 2.75) is 44.1 Å². The molecule has 2 aliphatic rings. The molecule has 6 rings (SSSR count). The third kappa shape index (κ3) is 5.95. The number of benzene rings is 1. The van der Waals surface area contributed by atoms with Gasteiger partial charge < -0.3 is 20.3 Å². The van der Waals surface area contributed by atoms with Crippen molar-refractivity contribution in [2.24, 2.45) is 7.05 Å². The molecule has 0 bridgehead atoms. The Morgan fingerprint density at radius 1 is 1.20 bits per heavy atom. The maximum atomic E-state index is 14.2. The van der Waals surface area contributed by atoms with Gasteiger partial charge in [-0.25, -0.2) is 4.39 Å². The van der Waals surface area contributed by atoms with E-state index in [1.807, 2.05) is 38.2 Å². The van der Waals surface area contributed by atoms with Gasteiger partial charge in [-0.3, -0.25) is 9.48 Å². The second-order valence-electron chi connectivity index (χ2n) is 10.8. The van der Waals surface area contributed by atoms with Crippen molar-refractivity contribution in [1.29, 1.82) is 0 Å². The maximum Gasteiger partial charge on any atom is 0.251 e. The summed E-state index contributed by atoms with van der Waals surface area (Å²) in [6.07, 6.45) is 8.32. The van der Waals surface area contributed by atoms with Crippen molar-refractivity contribution in [3.8, 4) is 22.8 Å². The van der Waals surface area contributed by atoms with E-state index in [1.54, 1.807) is 27.8 Å². The summed E-state index contributed by atoms with van der Waals surface area (Å²) in [5.74, 6) is 1.68. The molecular formula is C28H34FN8O2P. The van der Waals surface area contributed by atoms with Gasteiger partial charge in [0.2, 0.25) is 5.88 Å². The van der Waals surface area contributed by atoms with Crippen LogP contribution in [0.15, 0.2) is 42.9 Å². The molecule has 10 nitrogen and oxygen atoms in total. The molecule has 1 amide bonds. The van der Waals surface area contributed by atoms with Crippen LogP contribution in [0.25, 0.3) is 16.8 Å². The number of carbonyl (C=O) groups excluding carboxylic acids is 1. The van der Waals surface area contributed by atoms with Gasteiger partial charge in [0.1, 0.15) is 11.2 Å². The summed E-state index contributed by atoms with van der Waals surface area (Å²) in [7, 11) is 4.17. The molecule has 1 aliphatic heterocycles. The largest absolute Gasteiger partial charge is 0.436 e. The number of ether oxygens (including phenoxy) is 1. The van der Waals surface area contributed by atoms with E-state index < -0.39 is 5.41 Å². The van der Waals surface area contributed by atoms with Crippen LogP contribution in [-0.4, -0.2) is 72.8 Å². The molecule has 12 heteroatoms. The molecular weight excluding hydrogens is 530 g/mol. The maximum absolute atomic E-state index is 14.2. The number of fused-ring (bicyclic) bond motifs is 1. The number of carbonyl (C=O) groups is 1. The summed E-state index contributed by atoms with van der Waals surface area (Å²) >= 11 is 0. The standard InChI is InChI=1S/C28H34FN8O2P/c1-18-13-19(3-6-22(18)27(38)33-20-4-5-20)23-16-32-37-24(30-9-12-36-10-7-28(29,40)8-11-36)14-25(34-26(23)37)39-21-15-31-35(2)17-21/h3,6,13-17,20,30H,4-5,7-12,40H2,1-2H3,(H,33,38). The molecule has 4 aromatic rings. The van der Waals surface area contributed by atoms with Gasteiger partial charge in [0.25, 0.3) is 5.91 Å². The Balaban J connectivity index is 1.27. The van der Waals surface area contributed by atoms with Crippen molar-refractivity contribution < 1.29 is 13.9 Å². The van der Waals surface area contributed by atoms with Gasteiger partial charge in [-0.2, -0.15) is 19.7 Å². The lowest BCUT2D eigenvalue weighted by Gasteiger charge is -2.33. The molecule has 4 heterocycles. The third-order valence-corrected chi connectivity index (χ3v) is 8.05. The Hall–Kier alpha value is -3.56. The summed E-state index contributed by atoms with van der Waals surface area (Å²) in [4.78, 5) is 19.7. The molecule has 210 valence electrons. The van der Waals surface area contributed by atoms with Gasteiger partial charge in [0, 0.05) is 56.5 Å². The van der Waals surface area contributed by atoms with E-state index in [0.717, 1.165) is 55.0 Å². The summed E-state index contributed by atoms with van der Waals surface area (Å²) in [5, 5.41) is 14.2. The number of likely N-dealkylation sites (tertiary alicyclic amines) is 1. The number of amides is 1. The normalized spacial score (nSPS) is 17.2. The predicted molar refractivity (Wildman–Crippen MR) is 155 cm³/mol.